The van der Waals surface area contributed by atoms with Crippen LogP contribution in [0, 0.1) is 5.41 Å². The highest BCUT2D eigenvalue weighted by atomic mass is 32.2. The van der Waals surface area contributed by atoms with Crippen molar-refractivity contribution < 1.29 is 18.3 Å². The van der Waals surface area contributed by atoms with E-state index in [1.165, 1.54) is 5.56 Å². The van der Waals surface area contributed by atoms with Crippen LogP contribution in [0.5, 0.6) is 11.5 Å². The summed E-state index contributed by atoms with van der Waals surface area (Å²) in [4.78, 5) is 0.344. The molecule has 0 aliphatic carbocycles. The Labute approximate surface area is 212 Å². The highest BCUT2D eigenvalue weighted by Gasteiger charge is 2.43. The van der Waals surface area contributed by atoms with Gasteiger partial charge in [0.2, 0.25) is 0 Å². The van der Waals surface area contributed by atoms with Gasteiger partial charge < -0.3 is 20.5 Å². The fraction of sp³-hybridized carbons (Fsp3) is 0.310. The van der Waals surface area contributed by atoms with Gasteiger partial charge in [0.1, 0.15) is 17.2 Å². The molecule has 0 radical (unpaired) electrons. The molecule has 5 rings (SSSR count). The fourth-order valence-corrected chi connectivity index (χ4v) is 7.69. The molecule has 1 atom stereocenters. The minimum Gasteiger partial charge on any atom is -0.506 e. The van der Waals surface area contributed by atoms with Crippen LogP contribution in [-0.2, 0) is 22.7 Å². The van der Waals surface area contributed by atoms with Crippen LogP contribution in [-0.4, -0.2) is 26.4 Å². The fourth-order valence-electron chi connectivity index (χ4n) is 5.35. The molecule has 0 fully saturated rings. The number of sulfone groups is 1. The summed E-state index contributed by atoms with van der Waals surface area (Å²) in [6.45, 7) is 3.92. The zero-order chi connectivity index (χ0) is 25.5. The molecule has 3 aromatic carbocycles. The van der Waals surface area contributed by atoms with Crippen LogP contribution in [0.25, 0.3) is 0 Å². The Hall–Kier alpha value is -3.45. The van der Waals surface area contributed by atoms with Crippen molar-refractivity contribution in [2.75, 3.05) is 23.5 Å². The number of aromatic hydroxyl groups is 1. The van der Waals surface area contributed by atoms with Gasteiger partial charge in [-0.3, -0.25) is 0 Å². The number of rotatable bonds is 5. The summed E-state index contributed by atoms with van der Waals surface area (Å²) in [5.74, 6) is 0.922. The predicted octanol–water partition coefficient (Wildman–Crippen LogP) is 5.82. The van der Waals surface area contributed by atoms with Gasteiger partial charge in [-0.2, -0.15) is 0 Å². The number of benzene rings is 3. The minimum absolute atomic E-state index is 0.0675. The van der Waals surface area contributed by atoms with Crippen molar-refractivity contribution in [1.82, 2.24) is 0 Å². The van der Waals surface area contributed by atoms with Crippen LogP contribution in [0.2, 0.25) is 0 Å². The van der Waals surface area contributed by atoms with Gasteiger partial charge in [0.05, 0.1) is 29.5 Å². The second-order valence-corrected chi connectivity index (χ2v) is 12.4. The molecule has 2 heterocycles. The monoisotopic (exact) mass is 504 g/mol. The third kappa shape index (κ3) is 4.67. The van der Waals surface area contributed by atoms with Crippen LogP contribution >= 0.6 is 0 Å². The summed E-state index contributed by atoms with van der Waals surface area (Å²) in [5, 5.41) is 17.3. The number of ether oxygens (including phenoxy) is 1. The molecule has 2 aliphatic heterocycles. The molecule has 0 aromatic heterocycles. The van der Waals surface area contributed by atoms with Gasteiger partial charge in [-0.25, -0.2) is 8.42 Å². The first kappa shape index (κ1) is 24.3. The van der Waals surface area contributed by atoms with E-state index in [0.717, 1.165) is 29.7 Å². The number of aryl methyl sites for hydroxylation is 2. The van der Waals surface area contributed by atoms with Crippen LogP contribution in [0.15, 0.2) is 77.3 Å². The average Bonchev–Trinajstić information content (AvgIpc) is 3.00. The molecule has 0 spiro atoms. The molecular weight excluding hydrogens is 472 g/mol. The Bertz CT molecular complexity index is 1430. The van der Waals surface area contributed by atoms with Gasteiger partial charge in [-0.05, 0) is 65.6 Å². The molecule has 7 heteroatoms. The number of para-hydroxylation sites is 1. The van der Waals surface area contributed by atoms with Gasteiger partial charge in [0.25, 0.3) is 0 Å². The SMILES string of the molecule is COc1ccc(C2Nc3cccc(O)c3NC3=C2S(=O)(=O)CC(C)(C)C3)cc1CCc1ccccc1. The van der Waals surface area contributed by atoms with Crippen molar-refractivity contribution in [2.45, 2.75) is 39.2 Å². The quantitative estimate of drug-likeness (QED) is 0.380. The maximum atomic E-state index is 13.7. The molecule has 3 N–H and O–H groups in total. The summed E-state index contributed by atoms with van der Waals surface area (Å²) < 4.78 is 33.0. The van der Waals surface area contributed by atoms with E-state index in [0.29, 0.717) is 28.4 Å². The topological polar surface area (TPSA) is 87.7 Å². The van der Waals surface area contributed by atoms with Gasteiger partial charge in [-0.15, -0.1) is 0 Å². The Morgan fingerprint density at radius 3 is 2.56 bits per heavy atom. The minimum atomic E-state index is -3.58. The molecule has 3 aromatic rings. The molecule has 1 unspecified atom stereocenters. The molecule has 36 heavy (non-hydrogen) atoms. The molecular formula is C29H32N2O4S. The Morgan fingerprint density at radius 1 is 1.03 bits per heavy atom. The third-order valence-corrected chi connectivity index (χ3v) is 9.23. The Kier molecular flexibility index (Phi) is 6.20. The summed E-state index contributed by atoms with van der Waals surface area (Å²) in [5.41, 5.74) is 4.45. The Morgan fingerprint density at radius 2 is 1.81 bits per heavy atom. The summed E-state index contributed by atoms with van der Waals surface area (Å²) in [6.07, 6.45) is 2.16. The van der Waals surface area contributed by atoms with E-state index in [1.807, 2.05) is 56.3 Å². The van der Waals surface area contributed by atoms with Gasteiger partial charge in [-0.1, -0.05) is 56.3 Å². The summed E-state index contributed by atoms with van der Waals surface area (Å²) >= 11 is 0. The Balaban J connectivity index is 1.62. The normalized spacial score (nSPS) is 19.8. The zero-order valence-corrected chi connectivity index (χ0v) is 21.7. The number of fused-ring (bicyclic) bond motifs is 1. The van der Waals surface area contributed by atoms with Crippen molar-refractivity contribution in [1.29, 1.82) is 0 Å². The predicted molar refractivity (Wildman–Crippen MR) is 144 cm³/mol. The number of methoxy groups -OCH3 is 1. The lowest BCUT2D eigenvalue weighted by Crippen LogP contribution is -2.35. The maximum absolute atomic E-state index is 13.7. The number of nitrogens with one attached hydrogen (secondary N) is 2. The molecule has 0 amide bonds. The lowest BCUT2D eigenvalue weighted by Gasteiger charge is -2.35. The van der Waals surface area contributed by atoms with E-state index < -0.39 is 21.3 Å². The average molecular weight is 505 g/mol. The second kappa shape index (κ2) is 9.21. The molecule has 6 nitrogen and oxygen atoms in total. The number of phenols is 1. The molecule has 0 saturated carbocycles. The zero-order valence-electron chi connectivity index (χ0n) is 20.8. The second-order valence-electron chi connectivity index (χ2n) is 10.4. The van der Waals surface area contributed by atoms with E-state index in [4.69, 9.17) is 4.74 Å². The van der Waals surface area contributed by atoms with E-state index in [-0.39, 0.29) is 11.5 Å². The van der Waals surface area contributed by atoms with Crippen LogP contribution in [0.3, 0.4) is 0 Å². The maximum Gasteiger partial charge on any atom is 0.179 e. The van der Waals surface area contributed by atoms with Gasteiger partial charge in [0.15, 0.2) is 9.84 Å². The van der Waals surface area contributed by atoms with Crippen LogP contribution in [0.4, 0.5) is 11.4 Å². The first-order valence-electron chi connectivity index (χ1n) is 12.2. The van der Waals surface area contributed by atoms with Crippen LogP contribution < -0.4 is 15.4 Å². The van der Waals surface area contributed by atoms with Crippen molar-refractivity contribution in [2.24, 2.45) is 5.41 Å². The van der Waals surface area contributed by atoms with Crippen molar-refractivity contribution in [3.8, 4) is 11.5 Å². The highest BCUT2D eigenvalue weighted by Crippen LogP contribution is 2.48. The smallest absolute Gasteiger partial charge is 0.179 e. The molecule has 188 valence electrons. The number of hydrogen-bond donors (Lipinski definition) is 3. The first-order valence-corrected chi connectivity index (χ1v) is 13.8. The van der Waals surface area contributed by atoms with E-state index in [2.05, 4.69) is 22.8 Å². The van der Waals surface area contributed by atoms with Crippen LogP contribution in [0.1, 0.15) is 43.0 Å². The first-order chi connectivity index (χ1) is 17.2. The number of phenolic OH excluding ortho intramolecular Hbond substituents is 1. The number of anilines is 2. The van der Waals surface area contributed by atoms with E-state index >= 15 is 0 Å². The highest BCUT2D eigenvalue weighted by molar-refractivity contribution is 7.95. The number of hydrogen-bond acceptors (Lipinski definition) is 6. The van der Waals surface area contributed by atoms with E-state index in [1.54, 1.807) is 19.2 Å². The lowest BCUT2D eigenvalue weighted by atomic mass is 9.88. The van der Waals surface area contributed by atoms with E-state index in [9.17, 15) is 13.5 Å². The van der Waals surface area contributed by atoms with Crippen molar-refractivity contribution >= 4 is 21.2 Å². The lowest BCUT2D eigenvalue weighted by molar-refractivity contribution is 0.400. The largest absolute Gasteiger partial charge is 0.506 e. The van der Waals surface area contributed by atoms with Crippen molar-refractivity contribution in [3.05, 3.63) is 94.0 Å². The summed E-state index contributed by atoms with van der Waals surface area (Å²) in [6, 6.07) is 20.8. The standard InChI is InChI=1S/C29H32N2O4S/c1-29(2)17-23-28(36(33,34)18-29)26(30-22-10-7-11-24(32)27(22)31-23)21-14-15-25(35-3)20(16-21)13-12-19-8-5-4-6-9-19/h4-11,14-16,26,30-32H,12-13,17-18H2,1-3H3. The van der Waals surface area contributed by atoms with Gasteiger partial charge >= 0.3 is 0 Å². The third-order valence-electron chi connectivity index (χ3n) is 6.91. The summed E-state index contributed by atoms with van der Waals surface area (Å²) in [7, 11) is -1.93. The molecule has 0 bridgehead atoms. The molecule has 0 saturated heterocycles. The molecule has 2 aliphatic rings. The number of allylic oxidation sites excluding steroid dienone is 1. The van der Waals surface area contributed by atoms with Gasteiger partial charge in [0, 0.05) is 5.70 Å². The van der Waals surface area contributed by atoms with Crippen molar-refractivity contribution in [3.63, 3.8) is 0 Å².